The molecule has 0 unspecified atom stereocenters. The van der Waals surface area contributed by atoms with E-state index in [1.165, 1.54) is 65.5 Å². The highest BCUT2D eigenvalue weighted by Crippen LogP contribution is 2.23. The molecule has 0 aliphatic carbocycles. The third-order valence-electron chi connectivity index (χ3n) is 4.52. The number of rotatable bonds is 6. The van der Waals surface area contributed by atoms with E-state index in [1.54, 1.807) is 0 Å². The van der Waals surface area contributed by atoms with Crippen LogP contribution in [-0.4, -0.2) is 40.8 Å². The van der Waals surface area contributed by atoms with Gasteiger partial charge in [0.15, 0.2) is 0 Å². The lowest BCUT2D eigenvalue weighted by Crippen LogP contribution is -2.39. The molecule has 0 aromatic heterocycles. The highest BCUT2D eigenvalue weighted by molar-refractivity contribution is 6.39. The van der Waals surface area contributed by atoms with Crippen molar-refractivity contribution >= 4 is 17.5 Å². The van der Waals surface area contributed by atoms with E-state index in [1.807, 2.05) is 0 Å². The largest absolute Gasteiger partial charge is 0.573 e. The lowest BCUT2D eigenvalue weighted by Gasteiger charge is -2.25. The number of nitrogens with zero attached hydrogens (tertiary/aromatic N) is 3. The summed E-state index contributed by atoms with van der Waals surface area (Å²) in [5.74, 6) is -1.39. The van der Waals surface area contributed by atoms with E-state index in [4.69, 9.17) is 0 Å². The van der Waals surface area contributed by atoms with Crippen LogP contribution in [0.2, 0.25) is 0 Å². The predicted octanol–water partition coefficient (Wildman–Crippen LogP) is 3.86. The van der Waals surface area contributed by atoms with E-state index in [0.717, 1.165) is 0 Å². The fraction of sp³-hybridized carbons (Fsp3) is 0.286. The maximum absolute atomic E-state index is 13.1. The average molecular weight is 437 g/mol. The molecule has 0 saturated heterocycles. The number of benzene rings is 2. The maximum Gasteiger partial charge on any atom is 0.573 e. The minimum Gasteiger partial charge on any atom is -0.406 e. The number of halogens is 4. The van der Waals surface area contributed by atoms with Gasteiger partial charge in [-0.2, -0.15) is 5.10 Å². The normalized spacial score (nSPS) is 14.3. The van der Waals surface area contributed by atoms with Gasteiger partial charge < -0.3 is 9.64 Å². The Hall–Kier alpha value is -3.43. The van der Waals surface area contributed by atoms with Crippen molar-refractivity contribution in [2.75, 3.05) is 7.05 Å². The molecule has 0 bridgehead atoms. The number of hydrazone groups is 1. The van der Waals surface area contributed by atoms with Gasteiger partial charge in [0.2, 0.25) is 5.91 Å². The first-order valence-electron chi connectivity index (χ1n) is 9.33. The third-order valence-corrected chi connectivity index (χ3v) is 4.52. The van der Waals surface area contributed by atoms with Crippen molar-refractivity contribution in [2.24, 2.45) is 5.10 Å². The van der Waals surface area contributed by atoms with Gasteiger partial charge in [-0.1, -0.05) is 24.3 Å². The third kappa shape index (κ3) is 6.27. The summed E-state index contributed by atoms with van der Waals surface area (Å²) in [4.78, 5) is 26.3. The van der Waals surface area contributed by atoms with Crippen LogP contribution in [0.25, 0.3) is 0 Å². The molecule has 2 aromatic carbocycles. The standard InChI is InChI=1S/C21H19F4N3O3/c1-27(12-14-4-8-17(9-5-14)31-21(23,24)25)20(30)18-10-11-19(29)28(26-18)13-15-2-6-16(22)7-3-15/h2-9H,10-13H2,1H3. The molecule has 1 aliphatic rings. The fourth-order valence-electron chi connectivity index (χ4n) is 3.00. The Morgan fingerprint density at radius 2 is 1.68 bits per heavy atom. The zero-order chi connectivity index (χ0) is 22.6. The van der Waals surface area contributed by atoms with Crippen LogP contribution in [-0.2, 0) is 22.7 Å². The van der Waals surface area contributed by atoms with Crippen LogP contribution < -0.4 is 4.74 Å². The Balaban J connectivity index is 1.65. The number of carbonyl (C=O) groups excluding carboxylic acids is 2. The summed E-state index contributed by atoms with van der Waals surface area (Å²) >= 11 is 0. The molecular weight excluding hydrogens is 418 g/mol. The first-order chi connectivity index (χ1) is 14.6. The maximum atomic E-state index is 13.1. The summed E-state index contributed by atoms with van der Waals surface area (Å²) in [6.45, 7) is 0.246. The molecule has 6 nitrogen and oxygen atoms in total. The van der Waals surface area contributed by atoms with Crippen molar-refractivity contribution in [2.45, 2.75) is 32.3 Å². The van der Waals surface area contributed by atoms with Gasteiger partial charge in [0.05, 0.1) is 6.54 Å². The Kier molecular flexibility index (Phi) is 6.57. The Labute approximate surface area is 175 Å². The van der Waals surface area contributed by atoms with Crippen LogP contribution in [0.4, 0.5) is 17.6 Å². The Bertz CT molecular complexity index is 973. The molecule has 0 N–H and O–H groups in total. The van der Waals surface area contributed by atoms with Crippen LogP contribution >= 0.6 is 0 Å². The minimum absolute atomic E-state index is 0.111. The first-order valence-corrected chi connectivity index (χ1v) is 9.33. The van der Waals surface area contributed by atoms with Gasteiger partial charge in [-0.25, -0.2) is 9.40 Å². The molecule has 3 rings (SSSR count). The monoisotopic (exact) mass is 437 g/mol. The molecule has 0 atom stereocenters. The van der Waals surface area contributed by atoms with Crippen LogP contribution in [0.3, 0.4) is 0 Å². The number of amides is 2. The number of carbonyl (C=O) groups is 2. The van der Waals surface area contributed by atoms with Crippen molar-refractivity contribution in [3.63, 3.8) is 0 Å². The number of hydrogen-bond donors (Lipinski definition) is 0. The van der Waals surface area contributed by atoms with E-state index in [9.17, 15) is 27.2 Å². The fourth-order valence-corrected chi connectivity index (χ4v) is 3.00. The predicted molar refractivity (Wildman–Crippen MR) is 103 cm³/mol. The SMILES string of the molecule is CN(Cc1ccc(OC(F)(F)F)cc1)C(=O)C1=NN(Cc2ccc(F)cc2)C(=O)CC1. The van der Waals surface area contributed by atoms with Gasteiger partial charge in [0.25, 0.3) is 5.91 Å². The zero-order valence-electron chi connectivity index (χ0n) is 16.5. The van der Waals surface area contributed by atoms with Crippen molar-refractivity contribution in [1.29, 1.82) is 0 Å². The minimum atomic E-state index is -4.77. The summed E-state index contributed by atoms with van der Waals surface area (Å²) in [6.07, 6.45) is -4.48. The van der Waals surface area contributed by atoms with E-state index in [2.05, 4.69) is 9.84 Å². The number of hydrogen-bond acceptors (Lipinski definition) is 4. The molecule has 31 heavy (non-hydrogen) atoms. The van der Waals surface area contributed by atoms with Crippen LogP contribution in [0, 0.1) is 5.82 Å². The van der Waals surface area contributed by atoms with Gasteiger partial charge in [-0.15, -0.1) is 13.2 Å². The van der Waals surface area contributed by atoms with Crippen molar-refractivity contribution in [3.8, 4) is 5.75 Å². The Morgan fingerprint density at radius 1 is 1.06 bits per heavy atom. The molecule has 164 valence electrons. The molecule has 0 radical (unpaired) electrons. The highest BCUT2D eigenvalue weighted by Gasteiger charge is 2.31. The van der Waals surface area contributed by atoms with Crippen LogP contribution in [0.1, 0.15) is 24.0 Å². The van der Waals surface area contributed by atoms with E-state index in [0.29, 0.717) is 11.1 Å². The van der Waals surface area contributed by atoms with Gasteiger partial charge in [-0.05, 0) is 35.4 Å². The average Bonchev–Trinajstić information content (AvgIpc) is 2.71. The first kappa shape index (κ1) is 22.3. The molecule has 2 aromatic rings. The van der Waals surface area contributed by atoms with E-state index >= 15 is 0 Å². The molecule has 1 heterocycles. The summed E-state index contributed by atoms with van der Waals surface area (Å²) in [5.41, 5.74) is 1.46. The summed E-state index contributed by atoms with van der Waals surface area (Å²) in [7, 11) is 1.53. The molecule has 1 aliphatic heterocycles. The van der Waals surface area contributed by atoms with Gasteiger partial charge in [0.1, 0.15) is 17.3 Å². The molecule has 0 fully saturated rings. The van der Waals surface area contributed by atoms with Gasteiger partial charge >= 0.3 is 6.36 Å². The second-order valence-corrected chi connectivity index (χ2v) is 6.98. The zero-order valence-corrected chi connectivity index (χ0v) is 16.5. The van der Waals surface area contributed by atoms with E-state index in [-0.39, 0.29) is 43.3 Å². The van der Waals surface area contributed by atoms with Crippen molar-refractivity contribution < 1.29 is 31.9 Å². The molecular formula is C21H19F4N3O3. The molecule has 2 amide bonds. The van der Waals surface area contributed by atoms with E-state index < -0.39 is 18.1 Å². The molecule has 0 spiro atoms. The Morgan fingerprint density at radius 3 is 2.29 bits per heavy atom. The number of alkyl halides is 3. The highest BCUT2D eigenvalue weighted by atomic mass is 19.4. The molecule has 0 saturated carbocycles. The smallest absolute Gasteiger partial charge is 0.406 e. The van der Waals surface area contributed by atoms with Crippen LogP contribution in [0.15, 0.2) is 53.6 Å². The second-order valence-electron chi connectivity index (χ2n) is 6.98. The van der Waals surface area contributed by atoms with Crippen molar-refractivity contribution in [1.82, 2.24) is 9.91 Å². The summed E-state index contributed by atoms with van der Waals surface area (Å²) in [6, 6.07) is 10.8. The van der Waals surface area contributed by atoms with Gasteiger partial charge in [-0.3, -0.25) is 9.59 Å². The summed E-state index contributed by atoms with van der Waals surface area (Å²) < 4.78 is 53.6. The van der Waals surface area contributed by atoms with Gasteiger partial charge in [0, 0.05) is 26.4 Å². The summed E-state index contributed by atoms with van der Waals surface area (Å²) in [5, 5.41) is 5.35. The lowest BCUT2D eigenvalue weighted by molar-refractivity contribution is -0.274. The molecule has 10 heteroatoms. The quantitative estimate of drug-likeness (QED) is 0.645. The number of ether oxygens (including phenoxy) is 1. The second kappa shape index (κ2) is 9.15. The van der Waals surface area contributed by atoms with Crippen LogP contribution in [0.5, 0.6) is 5.75 Å². The lowest BCUT2D eigenvalue weighted by atomic mass is 10.1. The topological polar surface area (TPSA) is 62.2 Å². The van der Waals surface area contributed by atoms with Crippen molar-refractivity contribution in [3.05, 3.63) is 65.5 Å².